The Balaban J connectivity index is 2.02. The van der Waals surface area contributed by atoms with E-state index in [4.69, 9.17) is 0 Å². The van der Waals surface area contributed by atoms with Crippen LogP contribution in [-0.4, -0.2) is 44.1 Å². The van der Waals surface area contributed by atoms with Crippen LogP contribution < -0.4 is 10.9 Å². The summed E-state index contributed by atoms with van der Waals surface area (Å²) in [5.41, 5.74) is -1.21. The van der Waals surface area contributed by atoms with E-state index in [0.29, 0.717) is 18.5 Å². The predicted octanol–water partition coefficient (Wildman–Crippen LogP) is 3.05. The van der Waals surface area contributed by atoms with Crippen molar-refractivity contribution < 1.29 is 23.1 Å². The number of allylic oxidation sites excluding steroid dienone is 4. The van der Waals surface area contributed by atoms with Crippen molar-refractivity contribution in [1.29, 1.82) is 0 Å². The first kappa shape index (κ1) is 23.4. The molecule has 2 aromatic rings. The number of halogens is 3. The van der Waals surface area contributed by atoms with E-state index in [-0.39, 0.29) is 11.3 Å². The fourth-order valence-corrected chi connectivity index (χ4v) is 3.15. The van der Waals surface area contributed by atoms with E-state index >= 15 is 0 Å². The Labute approximate surface area is 182 Å². The molecule has 0 aromatic carbocycles. The number of carbonyl (C=O) groups excluding carboxylic acids is 1. The molecule has 0 radical (unpaired) electrons. The first-order chi connectivity index (χ1) is 15.1. The van der Waals surface area contributed by atoms with Gasteiger partial charge in [-0.3, -0.25) is 14.6 Å². The van der Waals surface area contributed by atoms with Crippen LogP contribution in [0.2, 0.25) is 0 Å². The summed E-state index contributed by atoms with van der Waals surface area (Å²) in [5, 5.41) is 16.6. The second kappa shape index (κ2) is 9.47. The number of hydrogen-bond acceptors (Lipinski definition) is 5. The molecular weight excluding hydrogens is 425 g/mol. The molecule has 170 valence electrons. The van der Waals surface area contributed by atoms with Crippen LogP contribution >= 0.6 is 0 Å². The average molecular weight is 448 g/mol. The van der Waals surface area contributed by atoms with Crippen LogP contribution in [0.5, 0.6) is 0 Å². The lowest BCUT2D eigenvalue weighted by Gasteiger charge is -2.32. The third-order valence-electron chi connectivity index (χ3n) is 5.29. The number of nitrogens with one attached hydrogen (secondary N) is 1. The van der Waals surface area contributed by atoms with E-state index < -0.39 is 41.3 Å². The van der Waals surface area contributed by atoms with Gasteiger partial charge in [-0.25, -0.2) is 0 Å². The maximum Gasteiger partial charge on any atom is 0.416 e. The number of pyridine rings is 1. The smallest absolute Gasteiger partial charge is 0.391 e. The van der Waals surface area contributed by atoms with Gasteiger partial charge in [0, 0.05) is 12.1 Å². The van der Waals surface area contributed by atoms with Gasteiger partial charge in [0.25, 0.3) is 11.5 Å². The summed E-state index contributed by atoms with van der Waals surface area (Å²) in [4.78, 5) is 29.7. The molecule has 1 aliphatic carbocycles. The largest absolute Gasteiger partial charge is 0.416 e. The van der Waals surface area contributed by atoms with Crippen LogP contribution in [-0.2, 0) is 0 Å². The quantitative estimate of drug-likeness (QED) is 0.662. The summed E-state index contributed by atoms with van der Waals surface area (Å²) < 4.78 is 40.0. The van der Waals surface area contributed by atoms with E-state index in [2.05, 4.69) is 15.4 Å². The van der Waals surface area contributed by atoms with Crippen LogP contribution in [0.15, 0.2) is 59.2 Å². The van der Waals surface area contributed by atoms with E-state index in [1.807, 2.05) is 0 Å². The minimum absolute atomic E-state index is 0.222. The topological polar surface area (TPSA) is 97.1 Å². The maximum atomic E-state index is 13.0. The second-order valence-corrected chi connectivity index (χ2v) is 7.53. The Morgan fingerprint density at radius 2 is 2.12 bits per heavy atom. The summed E-state index contributed by atoms with van der Waals surface area (Å²) in [5.74, 6) is -1.32. The highest BCUT2D eigenvalue weighted by molar-refractivity contribution is 5.94. The number of hydrogen-bond donors (Lipinski definition) is 2. The van der Waals surface area contributed by atoms with Gasteiger partial charge in [-0.15, -0.1) is 0 Å². The molecule has 1 fully saturated rings. The van der Waals surface area contributed by atoms with Gasteiger partial charge in [0.05, 0.1) is 35.3 Å². The molecule has 3 atom stereocenters. The molecule has 1 saturated carbocycles. The molecule has 0 bridgehead atoms. The lowest BCUT2D eigenvalue weighted by molar-refractivity contribution is -0.0883. The van der Waals surface area contributed by atoms with Crippen LogP contribution in [0.3, 0.4) is 0 Å². The highest BCUT2D eigenvalue weighted by Crippen LogP contribution is 2.28. The lowest BCUT2D eigenvalue weighted by atomic mass is 9.89. The summed E-state index contributed by atoms with van der Waals surface area (Å²) >= 11 is 0. The third-order valence-corrected chi connectivity index (χ3v) is 5.29. The Morgan fingerprint density at radius 1 is 1.38 bits per heavy atom. The number of carbonyl (C=O) groups is 1. The molecule has 3 rings (SSSR count). The fraction of sp³-hybridized carbons (Fsp3) is 0.364. The van der Waals surface area contributed by atoms with Crippen molar-refractivity contribution in [2.45, 2.75) is 50.9 Å². The van der Waals surface area contributed by atoms with Crippen molar-refractivity contribution in [3.05, 3.63) is 76.0 Å². The molecule has 10 heteroatoms. The Morgan fingerprint density at radius 3 is 2.66 bits per heavy atom. The molecule has 1 unspecified atom stereocenters. The zero-order valence-electron chi connectivity index (χ0n) is 17.5. The zero-order valence-corrected chi connectivity index (χ0v) is 17.5. The molecular formula is C22H23F3N4O3. The molecule has 2 aromatic heterocycles. The number of nitrogens with zero attached hydrogens (tertiary/aromatic N) is 3. The molecule has 2 heterocycles. The van der Waals surface area contributed by atoms with Gasteiger partial charge in [-0.2, -0.15) is 23.0 Å². The number of amides is 1. The number of aliphatic hydroxyl groups is 1. The van der Waals surface area contributed by atoms with Crippen LogP contribution in [0.4, 0.5) is 13.2 Å². The summed E-state index contributed by atoms with van der Waals surface area (Å²) in [6.07, 6.45) is 2.06. The van der Waals surface area contributed by atoms with E-state index in [1.165, 1.54) is 31.5 Å². The van der Waals surface area contributed by atoms with Gasteiger partial charge in [-0.1, -0.05) is 25.2 Å². The van der Waals surface area contributed by atoms with Crippen molar-refractivity contribution >= 4 is 5.91 Å². The monoisotopic (exact) mass is 448 g/mol. The van der Waals surface area contributed by atoms with Gasteiger partial charge in [-0.05, 0) is 38.0 Å². The number of alkyl halides is 3. The van der Waals surface area contributed by atoms with Crippen LogP contribution in [0.1, 0.15) is 48.7 Å². The number of aliphatic hydroxyl groups excluding tert-OH is 1. The highest BCUT2D eigenvalue weighted by Gasteiger charge is 2.32. The van der Waals surface area contributed by atoms with Crippen LogP contribution in [0.25, 0.3) is 5.69 Å². The van der Waals surface area contributed by atoms with E-state index in [9.17, 15) is 27.9 Å². The van der Waals surface area contributed by atoms with E-state index in [1.54, 1.807) is 19.1 Å². The molecule has 32 heavy (non-hydrogen) atoms. The Hall–Kier alpha value is -3.27. The first-order valence-electron chi connectivity index (χ1n) is 10.1. The van der Waals surface area contributed by atoms with Gasteiger partial charge >= 0.3 is 6.18 Å². The molecule has 7 nitrogen and oxygen atoms in total. The third kappa shape index (κ3) is 5.13. The standard InChI is InChI=1S/C22H23F3N4O3/c1-3-14(22(23,24)25)7-6-13(2)18-11-16(20(31)27-17-8-9-19(17)30)21(32)29(28-18)15-5-4-10-26-12-15/h3-7,10-13,17,19,30H,8-9H2,1-2H3,(H,27,31)/b7-6-,14-3+/t13?,17-,19+/m1/s1. The molecule has 2 N–H and O–H groups in total. The van der Waals surface area contributed by atoms with Crippen molar-refractivity contribution in [2.75, 3.05) is 0 Å². The van der Waals surface area contributed by atoms with Gasteiger partial charge in [0.2, 0.25) is 0 Å². The minimum atomic E-state index is -4.50. The average Bonchev–Trinajstić information content (AvgIpc) is 2.76. The second-order valence-electron chi connectivity index (χ2n) is 7.53. The highest BCUT2D eigenvalue weighted by atomic mass is 19.4. The number of aromatic nitrogens is 3. The molecule has 0 aliphatic heterocycles. The fourth-order valence-electron chi connectivity index (χ4n) is 3.15. The molecule has 1 aliphatic rings. The Kier molecular flexibility index (Phi) is 6.93. The lowest BCUT2D eigenvalue weighted by Crippen LogP contribution is -2.51. The van der Waals surface area contributed by atoms with E-state index in [0.717, 1.165) is 16.8 Å². The molecule has 0 spiro atoms. The SMILES string of the molecule is C/C=C(\C=C/C(C)c1cc(C(=O)N[C@@H]2CC[C@@H]2O)c(=O)n(-c2cccnc2)n1)C(F)(F)F. The van der Waals surface area contributed by atoms with Crippen molar-refractivity contribution in [2.24, 2.45) is 0 Å². The number of rotatable bonds is 6. The summed E-state index contributed by atoms with van der Waals surface area (Å²) in [6.45, 7) is 2.90. The summed E-state index contributed by atoms with van der Waals surface area (Å²) in [6, 6.07) is 3.98. The zero-order chi connectivity index (χ0) is 23.5. The maximum absolute atomic E-state index is 13.0. The normalized spacial score (nSPS) is 20.1. The van der Waals surface area contributed by atoms with Gasteiger partial charge in [0.1, 0.15) is 5.56 Å². The first-order valence-corrected chi connectivity index (χ1v) is 10.1. The van der Waals surface area contributed by atoms with Gasteiger partial charge in [0.15, 0.2) is 0 Å². The van der Waals surface area contributed by atoms with Crippen molar-refractivity contribution in [3.63, 3.8) is 0 Å². The van der Waals surface area contributed by atoms with Gasteiger partial charge < -0.3 is 10.4 Å². The molecule has 0 saturated heterocycles. The predicted molar refractivity (Wildman–Crippen MR) is 111 cm³/mol. The Bertz CT molecular complexity index is 1090. The van der Waals surface area contributed by atoms with Crippen molar-refractivity contribution in [3.8, 4) is 5.69 Å². The molecule has 1 amide bonds. The summed E-state index contributed by atoms with van der Waals surface area (Å²) in [7, 11) is 0. The van der Waals surface area contributed by atoms with Crippen LogP contribution in [0, 0.1) is 0 Å². The van der Waals surface area contributed by atoms with Crippen molar-refractivity contribution in [1.82, 2.24) is 20.1 Å². The minimum Gasteiger partial charge on any atom is -0.391 e.